The Morgan fingerprint density at radius 3 is 2.28 bits per heavy atom. The van der Waals surface area contributed by atoms with Crippen molar-refractivity contribution in [1.82, 2.24) is 5.32 Å². The highest BCUT2D eigenvalue weighted by Crippen LogP contribution is 2.19. The zero-order valence-corrected chi connectivity index (χ0v) is 12.2. The van der Waals surface area contributed by atoms with Gasteiger partial charge >= 0.3 is 0 Å². The van der Waals surface area contributed by atoms with Crippen LogP contribution in [0.5, 0.6) is 0 Å². The molecule has 0 heterocycles. The van der Waals surface area contributed by atoms with E-state index in [-0.39, 0.29) is 0 Å². The van der Waals surface area contributed by atoms with Gasteiger partial charge in [-0.25, -0.2) is 0 Å². The fraction of sp³-hybridized carbons (Fsp3) is 0.562. The Bertz CT molecular complexity index is 388. The van der Waals surface area contributed by atoms with Crippen LogP contribution in [-0.2, 0) is 0 Å². The molecule has 0 saturated heterocycles. The molecule has 0 amide bonds. The first-order chi connectivity index (χ1) is 8.66. The van der Waals surface area contributed by atoms with Gasteiger partial charge in [-0.2, -0.15) is 0 Å². The van der Waals surface area contributed by atoms with Gasteiger partial charge in [-0.15, -0.1) is 0 Å². The molecule has 0 atom stereocenters. The number of hydrogen-bond donors (Lipinski definition) is 1. The smallest absolute Gasteiger partial charge is 0.106 e. The minimum absolute atomic E-state index is 0.582. The molecule has 2 heteroatoms. The summed E-state index contributed by atoms with van der Waals surface area (Å²) in [4.78, 5) is 0.914. The first kappa shape index (κ1) is 13.5. The summed E-state index contributed by atoms with van der Waals surface area (Å²) < 4.78 is 0. The Labute approximate surface area is 116 Å². The van der Waals surface area contributed by atoms with Crippen molar-refractivity contribution in [3.8, 4) is 0 Å². The predicted octanol–water partition coefficient (Wildman–Crippen LogP) is 4.41. The number of benzene rings is 1. The molecule has 0 aromatic heterocycles. The fourth-order valence-corrected chi connectivity index (χ4v) is 2.84. The Balaban J connectivity index is 1.95. The Morgan fingerprint density at radius 1 is 1.11 bits per heavy atom. The molecule has 98 valence electrons. The van der Waals surface area contributed by atoms with Crippen LogP contribution < -0.4 is 5.32 Å². The lowest BCUT2D eigenvalue weighted by atomic mass is 9.95. The maximum Gasteiger partial charge on any atom is 0.106 e. The van der Waals surface area contributed by atoms with Gasteiger partial charge in [-0.05, 0) is 24.3 Å². The van der Waals surface area contributed by atoms with E-state index in [0.29, 0.717) is 12.0 Å². The van der Waals surface area contributed by atoms with E-state index in [1.807, 2.05) is 0 Å². The summed E-state index contributed by atoms with van der Waals surface area (Å²) in [5.41, 5.74) is 2.53. The standard InChI is InChI=1S/C16H23NS/c1-12(2)13-8-10-14(11-9-13)16(18)17-15-6-4-3-5-7-15/h8-12,15H,3-7H2,1-2H3,(H,17,18). The van der Waals surface area contributed by atoms with Crippen molar-refractivity contribution in [2.45, 2.75) is 57.9 Å². The van der Waals surface area contributed by atoms with Gasteiger partial charge in [0.05, 0.1) is 0 Å². The van der Waals surface area contributed by atoms with Crippen LogP contribution in [0.4, 0.5) is 0 Å². The highest BCUT2D eigenvalue weighted by Gasteiger charge is 2.14. The van der Waals surface area contributed by atoms with E-state index in [4.69, 9.17) is 12.2 Å². The van der Waals surface area contributed by atoms with Crippen LogP contribution in [0.25, 0.3) is 0 Å². The second-order valence-corrected chi connectivity index (χ2v) is 5.99. The summed E-state index contributed by atoms with van der Waals surface area (Å²) in [6.45, 7) is 4.43. The van der Waals surface area contributed by atoms with Gasteiger partial charge in [0.15, 0.2) is 0 Å². The van der Waals surface area contributed by atoms with Crippen LogP contribution in [0.2, 0.25) is 0 Å². The Morgan fingerprint density at radius 2 is 1.72 bits per heavy atom. The summed E-state index contributed by atoms with van der Waals surface area (Å²) in [6.07, 6.45) is 6.60. The number of hydrogen-bond acceptors (Lipinski definition) is 1. The highest BCUT2D eigenvalue weighted by atomic mass is 32.1. The molecule has 1 fully saturated rings. The zero-order valence-electron chi connectivity index (χ0n) is 11.4. The molecule has 1 saturated carbocycles. The highest BCUT2D eigenvalue weighted by molar-refractivity contribution is 7.80. The van der Waals surface area contributed by atoms with Crippen LogP contribution in [0.3, 0.4) is 0 Å². The summed E-state index contributed by atoms with van der Waals surface area (Å²) in [6, 6.07) is 9.26. The van der Waals surface area contributed by atoms with E-state index >= 15 is 0 Å². The molecule has 2 rings (SSSR count). The maximum atomic E-state index is 5.50. The third-order valence-electron chi connectivity index (χ3n) is 3.78. The average molecular weight is 261 g/mol. The molecule has 0 radical (unpaired) electrons. The van der Waals surface area contributed by atoms with E-state index in [0.717, 1.165) is 10.6 Å². The van der Waals surface area contributed by atoms with Gasteiger partial charge in [0.1, 0.15) is 4.99 Å². The van der Waals surface area contributed by atoms with Gasteiger partial charge in [0, 0.05) is 11.6 Å². The normalized spacial score (nSPS) is 16.8. The molecule has 1 aromatic rings. The second-order valence-electron chi connectivity index (χ2n) is 5.59. The second kappa shape index (κ2) is 6.33. The average Bonchev–Trinajstić information content (AvgIpc) is 2.40. The van der Waals surface area contributed by atoms with E-state index in [1.165, 1.54) is 37.7 Å². The van der Waals surface area contributed by atoms with Gasteiger partial charge < -0.3 is 5.32 Å². The lowest BCUT2D eigenvalue weighted by Gasteiger charge is -2.24. The number of thiocarbonyl (C=S) groups is 1. The molecule has 0 spiro atoms. The van der Waals surface area contributed by atoms with E-state index in [9.17, 15) is 0 Å². The third-order valence-corrected chi connectivity index (χ3v) is 4.13. The van der Waals surface area contributed by atoms with Crippen molar-refractivity contribution in [2.24, 2.45) is 0 Å². The van der Waals surface area contributed by atoms with Crippen molar-refractivity contribution in [1.29, 1.82) is 0 Å². The van der Waals surface area contributed by atoms with Gasteiger partial charge in [0.25, 0.3) is 0 Å². The largest absolute Gasteiger partial charge is 0.373 e. The van der Waals surface area contributed by atoms with Crippen LogP contribution in [0.1, 0.15) is 63.0 Å². The topological polar surface area (TPSA) is 12.0 Å². The van der Waals surface area contributed by atoms with Gasteiger partial charge in [-0.3, -0.25) is 0 Å². The van der Waals surface area contributed by atoms with Crippen molar-refractivity contribution in [3.63, 3.8) is 0 Å². The quantitative estimate of drug-likeness (QED) is 0.809. The van der Waals surface area contributed by atoms with Crippen molar-refractivity contribution >= 4 is 17.2 Å². The lowest BCUT2D eigenvalue weighted by molar-refractivity contribution is 0.415. The molecular formula is C16H23NS. The van der Waals surface area contributed by atoms with Crippen molar-refractivity contribution in [3.05, 3.63) is 35.4 Å². The van der Waals surface area contributed by atoms with E-state index < -0.39 is 0 Å². The molecule has 18 heavy (non-hydrogen) atoms. The molecule has 1 aliphatic rings. The van der Waals surface area contributed by atoms with Crippen LogP contribution in [-0.4, -0.2) is 11.0 Å². The monoisotopic (exact) mass is 261 g/mol. The predicted molar refractivity (Wildman–Crippen MR) is 82.2 cm³/mol. The van der Waals surface area contributed by atoms with Crippen molar-refractivity contribution in [2.75, 3.05) is 0 Å². The Hall–Kier alpha value is -0.890. The molecule has 0 aliphatic heterocycles. The summed E-state index contributed by atoms with van der Waals surface area (Å²) in [7, 11) is 0. The maximum absolute atomic E-state index is 5.50. The summed E-state index contributed by atoms with van der Waals surface area (Å²) in [5.74, 6) is 0.582. The summed E-state index contributed by atoms with van der Waals surface area (Å²) in [5, 5.41) is 3.52. The number of rotatable bonds is 3. The van der Waals surface area contributed by atoms with Gasteiger partial charge in [0.2, 0.25) is 0 Å². The van der Waals surface area contributed by atoms with Crippen LogP contribution >= 0.6 is 12.2 Å². The molecule has 1 aliphatic carbocycles. The minimum Gasteiger partial charge on any atom is -0.373 e. The van der Waals surface area contributed by atoms with E-state index in [1.54, 1.807) is 0 Å². The molecule has 0 bridgehead atoms. The van der Waals surface area contributed by atoms with Crippen LogP contribution in [0.15, 0.2) is 24.3 Å². The van der Waals surface area contributed by atoms with Crippen LogP contribution in [0, 0.1) is 0 Å². The van der Waals surface area contributed by atoms with Gasteiger partial charge in [-0.1, -0.05) is 69.6 Å². The lowest BCUT2D eigenvalue weighted by Crippen LogP contribution is -2.35. The molecular weight excluding hydrogens is 238 g/mol. The van der Waals surface area contributed by atoms with Crippen molar-refractivity contribution < 1.29 is 0 Å². The minimum atomic E-state index is 0.582. The molecule has 1 aromatic carbocycles. The molecule has 0 unspecified atom stereocenters. The number of nitrogens with one attached hydrogen (secondary N) is 1. The molecule has 1 N–H and O–H groups in total. The molecule has 1 nitrogen and oxygen atoms in total. The Kier molecular flexibility index (Phi) is 4.76. The first-order valence-electron chi connectivity index (χ1n) is 7.07. The fourth-order valence-electron chi connectivity index (χ4n) is 2.54. The third kappa shape index (κ3) is 3.55. The first-order valence-corrected chi connectivity index (χ1v) is 7.48. The van der Waals surface area contributed by atoms with E-state index in [2.05, 4.69) is 43.4 Å². The SMILES string of the molecule is CC(C)c1ccc(C(=S)NC2CCCCC2)cc1. The summed E-state index contributed by atoms with van der Waals surface area (Å²) >= 11 is 5.50. The zero-order chi connectivity index (χ0) is 13.0.